The highest BCUT2D eigenvalue weighted by Gasteiger charge is 2.68. The van der Waals surface area contributed by atoms with Gasteiger partial charge in [0.1, 0.15) is 22.8 Å². The summed E-state index contributed by atoms with van der Waals surface area (Å²) in [5.41, 5.74) is 1.91. The highest BCUT2D eigenvalue weighted by Crippen LogP contribution is 2.56. The van der Waals surface area contributed by atoms with E-state index >= 15 is 0 Å². The number of Topliss-reactive ketones (excluding diaryl/α,β-unsaturated/α-hetero) is 2. The van der Waals surface area contributed by atoms with Crippen molar-refractivity contribution in [1.82, 2.24) is 4.90 Å². The Bertz CT molecular complexity index is 1230. The minimum absolute atomic E-state index is 0.0617. The van der Waals surface area contributed by atoms with Gasteiger partial charge in [0.25, 0.3) is 5.91 Å². The number of ketones is 2. The van der Waals surface area contributed by atoms with E-state index in [1.165, 1.54) is 31.1 Å². The van der Waals surface area contributed by atoms with E-state index < -0.39 is 75.6 Å². The molecule has 1 aromatic rings. The van der Waals surface area contributed by atoms with Crippen LogP contribution in [0.5, 0.6) is 5.75 Å². The van der Waals surface area contributed by atoms with Crippen molar-refractivity contribution in [3.05, 3.63) is 52.3 Å². The molecule has 4 rings (SSSR count). The molecular formula is C24H26N2O8. The molecule has 0 unspecified atom stereocenters. The number of primary amides is 1. The van der Waals surface area contributed by atoms with E-state index in [1.54, 1.807) is 13.0 Å². The van der Waals surface area contributed by atoms with Gasteiger partial charge in [-0.2, -0.15) is 0 Å². The number of phenols is 1. The average Bonchev–Trinajstić information content (AvgIpc) is 2.75. The second-order valence-corrected chi connectivity index (χ2v) is 9.22. The van der Waals surface area contributed by atoms with E-state index in [0.29, 0.717) is 11.1 Å². The Balaban J connectivity index is 2.09. The number of amides is 1. The van der Waals surface area contributed by atoms with E-state index in [1.807, 2.05) is 0 Å². The largest absolute Gasteiger partial charge is 0.508 e. The van der Waals surface area contributed by atoms with Gasteiger partial charge in [0.05, 0.1) is 23.6 Å². The third-order valence-corrected chi connectivity index (χ3v) is 7.36. The van der Waals surface area contributed by atoms with Gasteiger partial charge in [0.2, 0.25) is 5.78 Å². The lowest BCUT2D eigenvalue weighted by Gasteiger charge is -2.53. The molecule has 0 saturated heterocycles. The van der Waals surface area contributed by atoms with Crippen LogP contribution < -0.4 is 5.73 Å². The van der Waals surface area contributed by atoms with Crippen molar-refractivity contribution in [2.75, 3.05) is 14.1 Å². The Labute approximate surface area is 194 Å². The Morgan fingerprint density at radius 3 is 2.35 bits per heavy atom. The number of hydrogen-bond acceptors (Lipinski definition) is 9. The number of aliphatic hydroxyl groups is 4. The molecule has 1 aromatic carbocycles. The molecule has 180 valence electrons. The van der Waals surface area contributed by atoms with Crippen molar-refractivity contribution in [3.63, 3.8) is 0 Å². The number of benzene rings is 1. The zero-order chi connectivity index (χ0) is 25.4. The fraction of sp³-hybridized carbons (Fsp3) is 0.375. The number of hydrogen-bond donors (Lipinski definition) is 6. The van der Waals surface area contributed by atoms with Crippen molar-refractivity contribution in [1.29, 1.82) is 0 Å². The third kappa shape index (κ3) is 2.70. The number of likely N-dealkylation sites (N-methyl/N-ethyl adjacent to an activating group) is 1. The van der Waals surface area contributed by atoms with Crippen LogP contribution >= 0.6 is 0 Å². The molecule has 3 aliphatic rings. The zero-order valence-electron chi connectivity index (χ0n) is 18.8. The van der Waals surface area contributed by atoms with Crippen LogP contribution in [-0.4, -0.2) is 79.7 Å². The lowest BCUT2D eigenvalue weighted by atomic mass is 9.54. The standard InChI is InChI=1S/C24H26N2O8/c1-5-9-6-7-10(27)13-11(9)8(2)12-14(18(13)28)21(31)24(34)16(19(12)29)17(26(3)4)20(30)15(22(24)32)23(25)33/h5-8,12,16-17,19,27-29,32,34H,1H2,2-4H3,(H2,25,33)/t8-,12+,16+,17-,19-,24-/m1/s1. The van der Waals surface area contributed by atoms with E-state index in [0.717, 1.165) is 0 Å². The molecule has 6 atom stereocenters. The first kappa shape index (κ1) is 23.7. The number of phenolic OH excluding ortho intramolecular Hbond substituents is 1. The summed E-state index contributed by atoms with van der Waals surface area (Å²) in [5, 5.41) is 55.6. The second-order valence-electron chi connectivity index (χ2n) is 9.22. The lowest BCUT2D eigenvalue weighted by molar-refractivity contribution is -0.169. The Morgan fingerprint density at radius 2 is 1.82 bits per heavy atom. The number of carbonyl (C=O) groups is 3. The van der Waals surface area contributed by atoms with Crippen LogP contribution in [0.4, 0.5) is 0 Å². The molecule has 3 aliphatic carbocycles. The Morgan fingerprint density at radius 1 is 1.21 bits per heavy atom. The summed E-state index contributed by atoms with van der Waals surface area (Å²) < 4.78 is 0. The van der Waals surface area contributed by atoms with Crippen molar-refractivity contribution < 1.29 is 39.9 Å². The van der Waals surface area contributed by atoms with E-state index in [-0.39, 0.29) is 11.3 Å². The topological polar surface area (TPSA) is 182 Å². The van der Waals surface area contributed by atoms with Gasteiger partial charge in [0.15, 0.2) is 11.4 Å². The molecule has 7 N–H and O–H groups in total. The van der Waals surface area contributed by atoms with Crippen LogP contribution in [0.2, 0.25) is 0 Å². The SMILES string of the molecule is C=Cc1ccc(O)c2c1[C@@H](C)[C@H]1C(=C2O)C(=O)[C@@]2(O)C(O)=C(C(N)=O)C(=O)[C@H](N(C)C)[C@H]2[C@@H]1O. The molecule has 0 radical (unpaired) electrons. The van der Waals surface area contributed by atoms with E-state index in [9.17, 15) is 39.9 Å². The van der Waals surface area contributed by atoms with Crippen LogP contribution in [0.25, 0.3) is 11.8 Å². The van der Waals surface area contributed by atoms with Crippen LogP contribution in [0.3, 0.4) is 0 Å². The predicted molar refractivity (Wildman–Crippen MR) is 120 cm³/mol. The lowest BCUT2D eigenvalue weighted by Crippen LogP contribution is -2.70. The number of aromatic hydroxyl groups is 1. The van der Waals surface area contributed by atoms with Crippen LogP contribution in [0.15, 0.2) is 35.6 Å². The maximum Gasteiger partial charge on any atom is 0.255 e. The molecule has 0 spiro atoms. The quantitative estimate of drug-likeness (QED) is 0.335. The molecule has 1 fully saturated rings. The molecule has 34 heavy (non-hydrogen) atoms. The third-order valence-electron chi connectivity index (χ3n) is 7.36. The number of nitrogens with zero attached hydrogens (tertiary/aromatic N) is 1. The minimum atomic E-state index is -2.92. The van der Waals surface area contributed by atoms with Crippen molar-refractivity contribution in [2.24, 2.45) is 17.6 Å². The minimum Gasteiger partial charge on any atom is -0.508 e. The van der Waals surface area contributed by atoms with Gasteiger partial charge in [-0.1, -0.05) is 25.6 Å². The second kappa shape index (κ2) is 7.52. The number of nitrogens with two attached hydrogens (primary N) is 1. The maximum absolute atomic E-state index is 13.8. The average molecular weight is 470 g/mol. The highest BCUT2D eigenvalue weighted by molar-refractivity contribution is 6.24. The van der Waals surface area contributed by atoms with Gasteiger partial charge in [-0.25, -0.2) is 0 Å². The monoisotopic (exact) mass is 470 g/mol. The fourth-order valence-electron chi connectivity index (χ4n) is 5.91. The molecule has 10 nitrogen and oxygen atoms in total. The van der Waals surface area contributed by atoms with Gasteiger partial charge >= 0.3 is 0 Å². The first-order valence-electron chi connectivity index (χ1n) is 10.6. The van der Waals surface area contributed by atoms with Gasteiger partial charge in [-0.15, -0.1) is 0 Å². The van der Waals surface area contributed by atoms with Crippen molar-refractivity contribution in [2.45, 2.75) is 30.6 Å². The molecular weight excluding hydrogens is 444 g/mol. The summed E-state index contributed by atoms with van der Waals surface area (Å²) >= 11 is 0. The van der Waals surface area contributed by atoms with Crippen molar-refractivity contribution >= 4 is 29.3 Å². The predicted octanol–water partition coefficient (Wildman–Crippen LogP) is 0.139. The van der Waals surface area contributed by atoms with Crippen molar-refractivity contribution in [3.8, 4) is 5.75 Å². The van der Waals surface area contributed by atoms with E-state index in [4.69, 9.17) is 5.73 Å². The molecule has 0 heterocycles. The summed E-state index contributed by atoms with van der Waals surface area (Å²) in [6, 6.07) is 1.50. The first-order valence-corrected chi connectivity index (χ1v) is 10.6. The maximum atomic E-state index is 13.8. The number of rotatable bonds is 3. The van der Waals surface area contributed by atoms with Gasteiger partial charge in [-0.05, 0) is 37.2 Å². The molecule has 0 aliphatic heterocycles. The Hall–Kier alpha value is -3.47. The number of aliphatic hydroxyl groups excluding tert-OH is 3. The molecule has 0 aromatic heterocycles. The summed E-state index contributed by atoms with van der Waals surface area (Å²) in [6.45, 7) is 5.41. The molecule has 1 saturated carbocycles. The normalized spacial score (nSPS) is 32.9. The number of fused-ring (bicyclic) bond motifs is 3. The van der Waals surface area contributed by atoms with E-state index in [2.05, 4.69) is 6.58 Å². The summed E-state index contributed by atoms with van der Waals surface area (Å²) in [7, 11) is 2.91. The number of carbonyl (C=O) groups excluding carboxylic acids is 3. The van der Waals surface area contributed by atoms with Crippen LogP contribution in [-0.2, 0) is 14.4 Å². The van der Waals surface area contributed by atoms with Gasteiger partial charge in [0, 0.05) is 11.5 Å². The molecule has 10 heteroatoms. The van der Waals surface area contributed by atoms with Gasteiger partial charge in [-0.3, -0.25) is 19.3 Å². The van der Waals surface area contributed by atoms with Crippen LogP contribution in [0.1, 0.15) is 29.5 Å². The molecule has 0 bridgehead atoms. The highest BCUT2D eigenvalue weighted by atomic mass is 16.4. The van der Waals surface area contributed by atoms with Gasteiger partial charge < -0.3 is 31.3 Å². The Kier molecular flexibility index (Phi) is 5.24. The summed E-state index contributed by atoms with van der Waals surface area (Å²) in [6.07, 6.45) is -0.128. The zero-order valence-corrected chi connectivity index (χ0v) is 18.8. The first-order chi connectivity index (χ1) is 15.8. The van der Waals surface area contributed by atoms with Crippen LogP contribution in [0, 0.1) is 11.8 Å². The summed E-state index contributed by atoms with van der Waals surface area (Å²) in [5.74, 6) is -9.13. The smallest absolute Gasteiger partial charge is 0.255 e. The fourth-order valence-corrected chi connectivity index (χ4v) is 5.91. The summed E-state index contributed by atoms with van der Waals surface area (Å²) in [4.78, 5) is 40.2. The molecule has 1 amide bonds.